The third kappa shape index (κ3) is 4.27. The smallest absolute Gasteiger partial charge is 0.220 e. The van der Waals surface area contributed by atoms with Crippen molar-refractivity contribution in [2.75, 3.05) is 18.0 Å². The predicted molar refractivity (Wildman–Crippen MR) is 106 cm³/mol. The molecule has 0 atom stereocenters. The lowest BCUT2D eigenvalue weighted by molar-refractivity contribution is -0.121. The number of anilines is 1. The molecular weight excluding hydrogens is 354 g/mol. The summed E-state index contributed by atoms with van der Waals surface area (Å²) in [4.78, 5) is 18.7. The highest BCUT2D eigenvalue weighted by Gasteiger charge is 2.18. The monoisotopic (exact) mass is 379 g/mol. The first kappa shape index (κ1) is 18.3. The fourth-order valence-corrected chi connectivity index (χ4v) is 3.39. The molecule has 8 nitrogen and oxygen atoms in total. The standard InChI is InChI=1S/C20H25N7O/c1-15-9-12-26(13-10-15)19-6-5-17-23-24-18(27(17)25-19)7-8-20(28)22-14-16-4-2-3-11-21-16/h2-6,11,15H,7-10,12-14H2,1H3,(H,22,28). The number of nitrogens with one attached hydrogen (secondary N) is 1. The highest BCUT2D eigenvalue weighted by atomic mass is 16.1. The van der Waals surface area contributed by atoms with Crippen LogP contribution in [-0.2, 0) is 17.8 Å². The lowest BCUT2D eigenvalue weighted by Crippen LogP contribution is -2.33. The summed E-state index contributed by atoms with van der Waals surface area (Å²) in [5.41, 5.74) is 1.55. The van der Waals surface area contributed by atoms with E-state index < -0.39 is 0 Å². The SMILES string of the molecule is CC1CCN(c2ccc3nnc(CCC(=O)NCc4ccccn4)n3n2)CC1. The summed E-state index contributed by atoms with van der Waals surface area (Å²) >= 11 is 0. The Morgan fingerprint density at radius 1 is 1.18 bits per heavy atom. The fourth-order valence-electron chi connectivity index (χ4n) is 3.39. The van der Waals surface area contributed by atoms with Gasteiger partial charge in [-0.1, -0.05) is 13.0 Å². The Labute approximate surface area is 164 Å². The molecule has 0 bridgehead atoms. The van der Waals surface area contributed by atoms with Gasteiger partial charge in [0.1, 0.15) is 5.82 Å². The molecule has 1 aliphatic rings. The van der Waals surface area contributed by atoms with Gasteiger partial charge in [0, 0.05) is 32.1 Å². The van der Waals surface area contributed by atoms with E-state index in [0.717, 1.165) is 30.5 Å². The lowest BCUT2D eigenvalue weighted by atomic mass is 9.99. The molecule has 0 spiro atoms. The lowest BCUT2D eigenvalue weighted by Gasteiger charge is -2.30. The minimum absolute atomic E-state index is 0.0384. The van der Waals surface area contributed by atoms with Crippen LogP contribution in [0.4, 0.5) is 5.82 Å². The van der Waals surface area contributed by atoms with Crippen molar-refractivity contribution in [2.24, 2.45) is 5.92 Å². The molecule has 8 heteroatoms. The number of hydrogen-bond acceptors (Lipinski definition) is 6. The maximum Gasteiger partial charge on any atom is 0.220 e. The van der Waals surface area contributed by atoms with E-state index in [2.05, 4.69) is 32.3 Å². The molecule has 28 heavy (non-hydrogen) atoms. The third-order valence-corrected chi connectivity index (χ3v) is 5.19. The Bertz CT molecular complexity index is 932. The number of amides is 1. The molecule has 1 aliphatic heterocycles. The second-order valence-corrected chi connectivity index (χ2v) is 7.35. The number of aromatic nitrogens is 5. The molecule has 146 valence electrons. The average molecular weight is 379 g/mol. The van der Waals surface area contributed by atoms with Crippen molar-refractivity contribution in [1.82, 2.24) is 30.1 Å². The van der Waals surface area contributed by atoms with Crippen LogP contribution in [0.5, 0.6) is 0 Å². The van der Waals surface area contributed by atoms with Gasteiger partial charge in [-0.25, -0.2) is 0 Å². The van der Waals surface area contributed by atoms with E-state index in [1.54, 1.807) is 10.7 Å². The molecule has 1 N–H and O–H groups in total. The van der Waals surface area contributed by atoms with Gasteiger partial charge < -0.3 is 10.2 Å². The van der Waals surface area contributed by atoms with E-state index in [4.69, 9.17) is 5.10 Å². The number of carbonyl (C=O) groups excluding carboxylic acids is 1. The van der Waals surface area contributed by atoms with Crippen LogP contribution in [0.3, 0.4) is 0 Å². The second kappa shape index (κ2) is 8.33. The van der Waals surface area contributed by atoms with E-state index in [1.807, 2.05) is 30.3 Å². The number of fused-ring (bicyclic) bond motifs is 1. The van der Waals surface area contributed by atoms with E-state index in [0.29, 0.717) is 30.9 Å². The van der Waals surface area contributed by atoms with Gasteiger partial charge in [0.2, 0.25) is 5.91 Å². The number of pyridine rings is 1. The largest absolute Gasteiger partial charge is 0.355 e. The predicted octanol–water partition coefficient (Wildman–Crippen LogP) is 2.00. The fraction of sp³-hybridized carbons (Fsp3) is 0.450. The Hall–Kier alpha value is -3.03. The normalized spacial score (nSPS) is 15.1. The zero-order valence-electron chi connectivity index (χ0n) is 16.1. The summed E-state index contributed by atoms with van der Waals surface area (Å²) in [7, 11) is 0. The van der Waals surface area contributed by atoms with E-state index >= 15 is 0 Å². The van der Waals surface area contributed by atoms with Crippen LogP contribution >= 0.6 is 0 Å². The Balaban J connectivity index is 1.38. The molecule has 4 rings (SSSR count). The summed E-state index contributed by atoms with van der Waals surface area (Å²) in [6, 6.07) is 9.59. The first-order valence-corrected chi connectivity index (χ1v) is 9.82. The second-order valence-electron chi connectivity index (χ2n) is 7.35. The zero-order valence-corrected chi connectivity index (χ0v) is 16.1. The van der Waals surface area contributed by atoms with Gasteiger partial charge in [0.25, 0.3) is 0 Å². The molecule has 1 fully saturated rings. The average Bonchev–Trinajstić information content (AvgIpc) is 3.14. The van der Waals surface area contributed by atoms with Crippen molar-refractivity contribution in [3.63, 3.8) is 0 Å². The Kier molecular flexibility index (Phi) is 5.45. The van der Waals surface area contributed by atoms with Crippen LogP contribution in [0.25, 0.3) is 5.65 Å². The Morgan fingerprint density at radius 2 is 2.04 bits per heavy atom. The van der Waals surface area contributed by atoms with Gasteiger partial charge in [0.15, 0.2) is 11.5 Å². The number of piperidine rings is 1. The summed E-state index contributed by atoms with van der Waals surface area (Å²) in [5, 5.41) is 16.0. The topological polar surface area (TPSA) is 88.3 Å². The maximum atomic E-state index is 12.2. The van der Waals surface area contributed by atoms with Crippen LogP contribution < -0.4 is 10.2 Å². The van der Waals surface area contributed by atoms with Crippen LogP contribution in [0.15, 0.2) is 36.5 Å². The van der Waals surface area contributed by atoms with Gasteiger partial charge in [-0.2, -0.15) is 4.52 Å². The quantitative estimate of drug-likeness (QED) is 0.705. The molecule has 0 aliphatic carbocycles. The van der Waals surface area contributed by atoms with Crippen molar-refractivity contribution in [2.45, 2.75) is 39.2 Å². The zero-order chi connectivity index (χ0) is 19.3. The molecular formula is C20H25N7O. The van der Waals surface area contributed by atoms with Crippen molar-refractivity contribution < 1.29 is 4.79 Å². The molecule has 4 heterocycles. The number of hydrogen-bond donors (Lipinski definition) is 1. The molecule has 1 saturated heterocycles. The third-order valence-electron chi connectivity index (χ3n) is 5.19. The summed E-state index contributed by atoms with van der Waals surface area (Å²) in [6.07, 6.45) is 4.91. The number of carbonyl (C=O) groups is 1. The van der Waals surface area contributed by atoms with E-state index in [-0.39, 0.29) is 5.91 Å². The van der Waals surface area contributed by atoms with Gasteiger partial charge in [-0.05, 0) is 43.0 Å². The molecule has 3 aromatic rings. The van der Waals surface area contributed by atoms with E-state index in [9.17, 15) is 4.79 Å². The molecule has 3 aromatic heterocycles. The van der Waals surface area contributed by atoms with Crippen molar-refractivity contribution in [1.29, 1.82) is 0 Å². The van der Waals surface area contributed by atoms with Gasteiger partial charge >= 0.3 is 0 Å². The van der Waals surface area contributed by atoms with Crippen molar-refractivity contribution >= 4 is 17.4 Å². The molecule has 0 saturated carbocycles. The maximum absolute atomic E-state index is 12.2. The first-order valence-electron chi connectivity index (χ1n) is 9.82. The van der Waals surface area contributed by atoms with E-state index in [1.165, 1.54) is 12.8 Å². The number of nitrogens with zero attached hydrogens (tertiary/aromatic N) is 6. The molecule has 0 unspecified atom stereocenters. The van der Waals surface area contributed by atoms with Gasteiger partial charge in [0.05, 0.1) is 12.2 Å². The highest BCUT2D eigenvalue weighted by molar-refractivity contribution is 5.76. The van der Waals surface area contributed by atoms with Crippen molar-refractivity contribution in [3.8, 4) is 0 Å². The van der Waals surface area contributed by atoms with Crippen LogP contribution in [-0.4, -0.2) is 43.8 Å². The van der Waals surface area contributed by atoms with Gasteiger partial charge in [-0.15, -0.1) is 15.3 Å². The van der Waals surface area contributed by atoms with Crippen LogP contribution in [0.1, 0.15) is 37.7 Å². The van der Waals surface area contributed by atoms with Crippen LogP contribution in [0, 0.1) is 5.92 Å². The molecule has 1 amide bonds. The number of rotatable bonds is 6. The minimum atomic E-state index is -0.0384. The molecule has 0 radical (unpaired) electrons. The Morgan fingerprint density at radius 3 is 2.82 bits per heavy atom. The van der Waals surface area contributed by atoms with Crippen molar-refractivity contribution in [3.05, 3.63) is 48.0 Å². The summed E-state index contributed by atoms with van der Waals surface area (Å²) in [5.74, 6) is 2.38. The molecule has 0 aromatic carbocycles. The van der Waals surface area contributed by atoms with Crippen LogP contribution in [0.2, 0.25) is 0 Å². The highest BCUT2D eigenvalue weighted by Crippen LogP contribution is 2.21. The van der Waals surface area contributed by atoms with Gasteiger partial charge in [-0.3, -0.25) is 9.78 Å². The number of aryl methyl sites for hydroxylation is 1. The first-order chi connectivity index (χ1) is 13.7. The minimum Gasteiger partial charge on any atom is -0.355 e. The summed E-state index contributed by atoms with van der Waals surface area (Å²) in [6.45, 7) is 4.76. The summed E-state index contributed by atoms with van der Waals surface area (Å²) < 4.78 is 1.76.